The van der Waals surface area contributed by atoms with E-state index in [9.17, 15) is 4.79 Å². The van der Waals surface area contributed by atoms with Crippen LogP contribution in [-0.4, -0.2) is 24.8 Å². The molecule has 1 heterocycles. The SMILES string of the molecule is C1=CCCC=C1.CN1C=CC(C=O)=CC1. The van der Waals surface area contributed by atoms with Gasteiger partial charge in [0.05, 0.1) is 0 Å². The molecule has 0 unspecified atom stereocenters. The normalized spacial score (nSPS) is 17.9. The molecule has 0 saturated heterocycles. The van der Waals surface area contributed by atoms with Crippen molar-refractivity contribution in [3.8, 4) is 0 Å². The summed E-state index contributed by atoms with van der Waals surface area (Å²) in [5.74, 6) is 0. The summed E-state index contributed by atoms with van der Waals surface area (Å²) < 4.78 is 0. The van der Waals surface area contributed by atoms with Crippen LogP contribution in [0.1, 0.15) is 12.8 Å². The van der Waals surface area contributed by atoms with E-state index in [0.717, 1.165) is 18.4 Å². The molecule has 80 valence electrons. The minimum Gasteiger partial charge on any atom is -0.377 e. The molecule has 0 aromatic rings. The van der Waals surface area contributed by atoms with Crippen LogP contribution < -0.4 is 0 Å². The minimum absolute atomic E-state index is 0.771. The van der Waals surface area contributed by atoms with E-state index < -0.39 is 0 Å². The maximum atomic E-state index is 10.1. The summed E-state index contributed by atoms with van der Waals surface area (Å²) >= 11 is 0. The van der Waals surface area contributed by atoms with Crippen molar-refractivity contribution in [2.45, 2.75) is 12.8 Å². The smallest absolute Gasteiger partial charge is 0.149 e. The zero-order chi connectivity index (χ0) is 10.9. The summed E-state index contributed by atoms with van der Waals surface area (Å²) in [5.41, 5.74) is 0.771. The fourth-order valence-electron chi connectivity index (χ4n) is 1.22. The third-order valence-electron chi connectivity index (χ3n) is 2.16. The van der Waals surface area contributed by atoms with Crippen LogP contribution in [0.4, 0.5) is 0 Å². The van der Waals surface area contributed by atoms with E-state index in [1.165, 1.54) is 12.8 Å². The number of carbonyl (C=O) groups is 1. The van der Waals surface area contributed by atoms with Gasteiger partial charge in [-0.1, -0.05) is 30.4 Å². The van der Waals surface area contributed by atoms with Crippen molar-refractivity contribution in [3.05, 3.63) is 48.2 Å². The van der Waals surface area contributed by atoms with Gasteiger partial charge in [-0.05, 0) is 25.1 Å². The third-order valence-corrected chi connectivity index (χ3v) is 2.16. The molecule has 2 nitrogen and oxygen atoms in total. The van der Waals surface area contributed by atoms with Gasteiger partial charge in [-0.3, -0.25) is 4.79 Å². The molecule has 0 saturated carbocycles. The molecule has 0 aromatic carbocycles. The van der Waals surface area contributed by atoms with E-state index in [4.69, 9.17) is 0 Å². The molecule has 1 aliphatic heterocycles. The van der Waals surface area contributed by atoms with E-state index in [1.54, 1.807) is 6.08 Å². The van der Waals surface area contributed by atoms with Gasteiger partial charge in [-0.15, -0.1) is 0 Å². The zero-order valence-corrected chi connectivity index (χ0v) is 9.10. The first-order valence-electron chi connectivity index (χ1n) is 5.18. The van der Waals surface area contributed by atoms with Crippen LogP contribution >= 0.6 is 0 Å². The van der Waals surface area contributed by atoms with Crippen LogP contribution in [0.3, 0.4) is 0 Å². The molecule has 0 fully saturated rings. The number of allylic oxidation sites excluding steroid dienone is 6. The van der Waals surface area contributed by atoms with Crippen molar-refractivity contribution >= 4 is 6.29 Å². The highest BCUT2D eigenvalue weighted by Gasteiger charge is 1.96. The van der Waals surface area contributed by atoms with Crippen LogP contribution in [0.2, 0.25) is 0 Å². The Morgan fingerprint density at radius 2 is 1.93 bits per heavy atom. The number of hydrogen-bond donors (Lipinski definition) is 0. The number of nitrogens with zero attached hydrogens (tertiary/aromatic N) is 1. The molecule has 0 aromatic heterocycles. The van der Waals surface area contributed by atoms with Gasteiger partial charge in [0.1, 0.15) is 6.29 Å². The molecule has 2 rings (SSSR count). The van der Waals surface area contributed by atoms with Crippen molar-refractivity contribution in [3.63, 3.8) is 0 Å². The monoisotopic (exact) mass is 203 g/mol. The van der Waals surface area contributed by atoms with Crippen LogP contribution in [0.25, 0.3) is 0 Å². The van der Waals surface area contributed by atoms with Gasteiger partial charge in [0.2, 0.25) is 0 Å². The highest BCUT2D eigenvalue weighted by molar-refractivity contribution is 5.77. The largest absolute Gasteiger partial charge is 0.377 e. The number of carbonyl (C=O) groups excluding carboxylic acids is 1. The topological polar surface area (TPSA) is 20.3 Å². The lowest BCUT2D eigenvalue weighted by Crippen LogP contribution is -2.13. The van der Waals surface area contributed by atoms with E-state index in [1.807, 2.05) is 24.2 Å². The molecule has 0 N–H and O–H groups in total. The lowest BCUT2D eigenvalue weighted by molar-refractivity contribution is -0.104. The van der Waals surface area contributed by atoms with E-state index >= 15 is 0 Å². The second-order valence-electron chi connectivity index (χ2n) is 3.51. The average molecular weight is 203 g/mol. The second-order valence-corrected chi connectivity index (χ2v) is 3.51. The van der Waals surface area contributed by atoms with Crippen LogP contribution in [-0.2, 0) is 4.79 Å². The van der Waals surface area contributed by atoms with E-state index in [2.05, 4.69) is 24.3 Å². The predicted octanol–water partition coefficient (Wildman–Crippen LogP) is 2.46. The fraction of sp³-hybridized carbons (Fsp3) is 0.308. The quantitative estimate of drug-likeness (QED) is 0.610. The Bertz CT molecular complexity index is 298. The van der Waals surface area contributed by atoms with Gasteiger partial charge >= 0.3 is 0 Å². The van der Waals surface area contributed by atoms with Crippen molar-refractivity contribution in [2.75, 3.05) is 13.6 Å². The molecule has 2 aliphatic rings. The highest BCUT2D eigenvalue weighted by Crippen LogP contribution is 2.01. The molecule has 0 atom stereocenters. The molecule has 0 bridgehead atoms. The fourth-order valence-corrected chi connectivity index (χ4v) is 1.22. The summed E-state index contributed by atoms with van der Waals surface area (Å²) in [7, 11) is 1.97. The lowest BCUT2D eigenvalue weighted by atomic mass is 10.2. The summed E-state index contributed by atoms with van der Waals surface area (Å²) in [6.45, 7) is 0.838. The van der Waals surface area contributed by atoms with Gasteiger partial charge < -0.3 is 4.90 Å². The lowest BCUT2D eigenvalue weighted by Gasteiger charge is -2.14. The van der Waals surface area contributed by atoms with Crippen molar-refractivity contribution < 1.29 is 4.79 Å². The molecular weight excluding hydrogens is 186 g/mol. The molecule has 0 radical (unpaired) electrons. The Hall–Kier alpha value is -1.57. The third kappa shape index (κ3) is 5.01. The molecule has 2 heteroatoms. The maximum absolute atomic E-state index is 10.1. The standard InChI is InChI=1S/C7H9NO.C6H8/c1-8-4-2-7(6-9)3-5-8;1-2-4-6-5-3-1/h2-4,6H,5H2,1H3;1-4H,5-6H2. The minimum atomic E-state index is 0.771. The number of likely N-dealkylation sites (N-methyl/N-ethyl adjacent to an activating group) is 1. The maximum Gasteiger partial charge on any atom is 0.149 e. The first-order chi connectivity index (χ1) is 7.33. The van der Waals surface area contributed by atoms with Gasteiger partial charge in [-0.25, -0.2) is 0 Å². The average Bonchev–Trinajstić information content (AvgIpc) is 2.33. The summed E-state index contributed by atoms with van der Waals surface area (Å²) in [6.07, 6.45) is 17.5. The Kier molecular flexibility index (Phi) is 5.23. The van der Waals surface area contributed by atoms with Crippen LogP contribution in [0.15, 0.2) is 48.2 Å². The Balaban J connectivity index is 0.000000162. The van der Waals surface area contributed by atoms with Crippen LogP contribution in [0, 0.1) is 0 Å². The van der Waals surface area contributed by atoms with Crippen LogP contribution in [0.5, 0.6) is 0 Å². The van der Waals surface area contributed by atoms with Gasteiger partial charge in [0.25, 0.3) is 0 Å². The van der Waals surface area contributed by atoms with Gasteiger partial charge in [0, 0.05) is 19.2 Å². The van der Waals surface area contributed by atoms with Gasteiger partial charge in [-0.2, -0.15) is 0 Å². The van der Waals surface area contributed by atoms with Crippen molar-refractivity contribution in [2.24, 2.45) is 0 Å². The Labute approximate surface area is 91.3 Å². The van der Waals surface area contributed by atoms with Crippen molar-refractivity contribution in [1.29, 1.82) is 0 Å². The van der Waals surface area contributed by atoms with E-state index in [0.29, 0.717) is 0 Å². The van der Waals surface area contributed by atoms with E-state index in [-0.39, 0.29) is 0 Å². The first kappa shape index (κ1) is 11.5. The first-order valence-corrected chi connectivity index (χ1v) is 5.18. The molecule has 0 amide bonds. The molecule has 15 heavy (non-hydrogen) atoms. The predicted molar refractivity (Wildman–Crippen MR) is 63.4 cm³/mol. The zero-order valence-electron chi connectivity index (χ0n) is 9.10. The number of aldehydes is 1. The second kappa shape index (κ2) is 6.82. The number of hydrogen-bond acceptors (Lipinski definition) is 2. The number of rotatable bonds is 1. The highest BCUT2D eigenvalue weighted by atomic mass is 16.1. The molecule has 0 spiro atoms. The molecule has 1 aliphatic carbocycles. The Morgan fingerprint density at radius 1 is 1.27 bits per heavy atom. The summed E-state index contributed by atoms with van der Waals surface area (Å²) in [5, 5.41) is 0. The Morgan fingerprint density at radius 3 is 2.27 bits per heavy atom. The van der Waals surface area contributed by atoms with Gasteiger partial charge in [0.15, 0.2) is 0 Å². The summed E-state index contributed by atoms with van der Waals surface area (Å²) in [6, 6.07) is 0. The summed E-state index contributed by atoms with van der Waals surface area (Å²) in [4.78, 5) is 12.1. The molecular formula is C13H17NO. The van der Waals surface area contributed by atoms with Crippen molar-refractivity contribution in [1.82, 2.24) is 4.90 Å².